The number of rotatable bonds is 7. The van der Waals surface area contributed by atoms with E-state index in [2.05, 4.69) is 4.98 Å². The van der Waals surface area contributed by atoms with Gasteiger partial charge in [-0.25, -0.2) is 9.97 Å². The number of likely N-dealkylation sites (tertiary alicyclic amines) is 1. The molecule has 0 bridgehead atoms. The highest BCUT2D eigenvalue weighted by atomic mass is 32.1. The fraction of sp³-hybridized carbons (Fsp3) is 0.550. The Morgan fingerprint density at radius 3 is 2.70 bits per heavy atom. The average Bonchev–Trinajstić information content (AvgIpc) is 3.12. The molecule has 6 nitrogen and oxygen atoms in total. The number of carbonyl (C=O) groups excluding carboxylic acids is 1. The summed E-state index contributed by atoms with van der Waals surface area (Å²) in [6.07, 6.45) is 3.70. The molecular formula is C20H27N3O3S. The first-order valence-corrected chi connectivity index (χ1v) is 10.1. The number of thiophene rings is 1. The summed E-state index contributed by atoms with van der Waals surface area (Å²) < 4.78 is 10.7. The van der Waals surface area contributed by atoms with Crippen LogP contribution in [0.25, 0.3) is 0 Å². The number of hydrogen-bond acceptors (Lipinski definition) is 6. The van der Waals surface area contributed by atoms with Crippen LogP contribution in [-0.2, 0) is 16.1 Å². The van der Waals surface area contributed by atoms with Crippen molar-refractivity contribution in [3.05, 3.63) is 45.2 Å². The smallest absolute Gasteiger partial charge is 0.263 e. The lowest BCUT2D eigenvalue weighted by molar-refractivity contribution is 0.0604. The molecule has 1 fully saturated rings. The third kappa shape index (κ3) is 5.12. The molecule has 1 aliphatic rings. The van der Waals surface area contributed by atoms with Crippen LogP contribution in [0.1, 0.15) is 50.4 Å². The molecule has 0 saturated carbocycles. The van der Waals surface area contributed by atoms with E-state index in [1.807, 2.05) is 37.1 Å². The van der Waals surface area contributed by atoms with Crippen LogP contribution in [0, 0.1) is 13.8 Å². The molecule has 146 valence electrons. The minimum Gasteiger partial charge on any atom is -0.382 e. The monoisotopic (exact) mass is 389 g/mol. The van der Waals surface area contributed by atoms with Crippen LogP contribution in [0.15, 0.2) is 18.3 Å². The summed E-state index contributed by atoms with van der Waals surface area (Å²) in [5.74, 6) is 1.26. The number of methoxy groups -OCH3 is 1. The Kier molecular flexibility index (Phi) is 6.93. The number of carbonyl (C=O) groups is 1. The van der Waals surface area contributed by atoms with E-state index in [-0.39, 0.29) is 5.91 Å². The molecule has 1 aliphatic heterocycles. The number of nitrogens with zero attached hydrogens (tertiary/aromatic N) is 3. The molecular weight excluding hydrogens is 362 g/mol. The van der Waals surface area contributed by atoms with Gasteiger partial charge in [0.25, 0.3) is 5.91 Å². The Labute approximate surface area is 164 Å². The van der Waals surface area contributed by atoms with E-state index in [1.54, 1.807) is 18.4 Å². The summed E-state index contributed by atoms with van der Waals surface area (Å²) in [4.78, 5) is 25.7. The van der Waals surface area contributed by atoms with Crippen molar-refractivity contribution in [3.8, 4) is 0 Å². The largest absolute Gasteiger partial charge is 0.382 e. The lowest BCUT2D eigenvalue weighted by Gasteiger charge is -2.32. The standard InChI is InChI=1S/C20H27N3O3S/c1-14-4-5-18(27-14)20(24)23-8-6-16(7-9-23)19-17(12-21-15(2)22-19)13-26-11-10-25-3/h4-5,12,16H,6-11,13H2,1-3H3. The molecule has 0 atom stereocenters. The Hall–Kier alpha value is -1.83. The number of hydrogen-bond donors (Lipinski definition) is 0. The van der Waals surface area contributed by atoms with Gasteiger partial charge in [0.2, 0.25) is 0 Å². The summed E-state index contributed by atoms with van der Waals surface area (Å²) in [5, 5.41) is 0. The minimum atomic E-state index is 0.147. The van der Waals surface area contributed by atoms with Crippen LogP contribution in [0.4, 0.5) is 0 Å². The molecule has 0 unspecified atom stereocenters. The molecule has 1 saturated heterocycles. The SMILES string of the molecule is COCCOCc1cnc(C)nc1C1CCN(C(=O)c2ccc(C)s2)CC1. The van der Waals surface area contributed by atoms with Crippen molar-refractivity contribution < 1.29 is 14.3 Å². The van der Waals surface area contributed by atoms with Crippen molar-refractivity contribution in [1.82, 2.24) is 14.9 Å². The van der Waals surface area contributed by atoms with Crippen LogP contribution in [-0.4, -0.2) is 54.2 Å². The second-order valence-corrected chi connectivity index (χ2v) is 8.14. The fourth-order valence-electron chi connectivity index (χ4n) is 3.36. The highest BCUT2D eigenvalue weighted by molar-refractivity contribution is 7.13. The topological polar surface area (TPSA) is 64.6 Å². The minimum absolute atomic E-state index is 0.147. The summed E-state index contributed by atoms with van der Waals surface area (Å²) in [6, 6.07) is 3.93. The Morgan fingerprint density at radius 1 is 1.26 bits per heavy atom. The second kappa shape index (κ2) is 9.39. The molecule has 1 amide bonds. The maximum absolute atomic E-state index is 12.7. The molecule has 0 N–H and O–H groups in total. The Morgan fingerprint density at radius 2 is 2.04 bits per heavy atom. The molecule has 0 radical (unpaired) electrons. The number of ether oxygens (including phenoxy) is 2. The Balaban J connectivity index is 1.63. The lowest BCUT2D eigenvalue weighted by atomic mass is 9.91. The fourth-order valence-corrected chi connectivity index (χ4v) is 4.20. The molecule has 0 aromatic carbocycles. The van der Waals surface area contributed by atoms with Gasteiger partial charge in [-0.2, -0.15) is 0 Å². The zero-order valence-electron chi connectivity index (χ0n) is 16.2. The first-order chi connectivity index (χ1) is 13.1. The summed E-state index contributed by atoms with van der Waals surface area (Å²) in [5.41, 5.74) is 2.11. The number of piperidine rings is 1. The van der Waals surface area contributed by atoms with E-state index >= 15 is 0 Å². The zero-order chi connectivity index (χ0) is 19.2. The van der Waals surface area contributed by atoms with Crippen LogP contribution < -0.4 is 0 Å². The molecule has 2 aromatic heterocycles. The molecule has 7 heteroatoms. The van der Waals surface area contributed by atoms with Gasteiger partial charge in [0, 0.05) is 42.8 Å². The molecule has 0 spiro atoms. The first kappa shape index (κ1) is 19.9. The summed E-state index contributed by atoms with van der Waals surface area (Å²) >= 11 is 1.57. The maximum Gasteiger partial charge on any atom is 0.263 e. The van der Waals surface area contributed by atoms with E-state index in [0.717, 1.165) is 47.9 Å². The van der Waals surface area contributed by atoms with E-state index in [0.29, 0.717) is 25.7 Å². The zero-order valence-corrected chi connectivity index (χ0v) is 17.1. The highest BCUT2D eigenvalue weighted by Crippen LogP contribution is 2.30. The second-order valence-electron chi connectivity index (χ2n) is 6.85. The van der Waals surface area contributed by atoms with Crippen LogP contribution in [0.3, 0.4) is 0 Å². The maximum atomic E-state index is 12.7. The molecule has 2 aromatic rings. The number of aryl methyl sites for hydroxylation is 2. The molecule has 27 heavy (non-hydrogen) atoms. The van der Waals surface area contributed by atoms with Crippen molar-refractivity contribution in [3.63, 3.8) is 0 Å². The van der Waals surface area contributed by atoms with Gasteiger partial charge >= 0.3 is 0 Å². The van der Waals surface area contributed by atoms with Crippen molar-refractivity contribution in [2.75, 3.05) is 33.4 Å². The van der Waals surface area contributed by atoms with Crippen LogP contribution >= 0.6 is 11.3 Å². The third-order valence-corrected chi connectivity index (χ3v) is 5.82. The van der Waals surface area contributed by atoms with E-state index in [1.165, 1.54) is 4.88 Å². The van der Waals surface area contributed by atoms with Gasteiger partial charge in [-0.05, 0) is 38.8 Å². The van der Waals surface area contributed by atoms with Gasteiger partial charge < -0.3 is 14.4 Å². The van der Waals surface area contributed by atoms with Gasteiger partial charge in [0.1, 0.15) is 5.82 Å². The molecule has 3 rings (SSSR count). The third-order valence-electron chi connectivity index (χ3n) is 4.83. The number of amides is 1. The van der Waals surface area contributed by atoms with Gasteiger partial charge in [-0.15, -0.1) is 11.3 Å². The predicted molar refractivity (Wildman–Crippen MR) is 105 cm³/mol. The van der Waals surface area contributed by atoms with Gasteiger partial charge in [-0.1, -0.05) is 0 Å². The highest BCUT2D eigenvalue weighted by Gasteiger charge is 2.27. The average molecular weight is 390 g/mol. The van der Waals surface area contributed by atoms with Gasteiger partial charge in [0.05, 0.1) is 30.4 Å². The molecule has 0 aliphatic carbocycles. The van der Waals surface area contributed by atoms with E-state index in [9.17, 15) is 4.79 Å². The first-order valence-electron chi connectivity index (χ1n) is 9.33. The summed E-state index contributed by atoms with van der Waals surface area (Å²) in [6.45, 7) is 7.08. The Bertz CT molecular complexity index is 770. The molecule has 3 heterocycles. The quantitative estimate of drug-likeness (QED) is 0.680. The van der Waals surface area contributed by atoms with Crippen LogP contribution in [0.5, 0.6) is 0 Å². The summed E-state index contributed by atoms with van der Waals surface area (Å²) in [7, 11) is 1.66. The normalized spacial score (nSPS) is 15.3. The van der Waals surface area contributed by atoms with Gasteiger partial charge in [-0.3, -0.25) is 4.79 Å². The van der Waals surface area contributed by atoms with Crippen molar-refractivity contribution in [1.29, 1.82) is 0 Å². The number of aromatic nitrogens is 2. The lowest BCUT2D eigenvalue weighted by Crippen LogP contribution is -2.38. The predicted octanol–water partition coefficient (Wildman–Crippen LogP) is 3.34. The van der Waals surface area contributed by atoms with Gasteiger partial charge in [0.15, 0.2) is 0 Å². The van der Waals surface area contributed by atoms with Crippen LogP contribution in [0.2, 0.25) is 0 Å². The van der Waals surface area contributed by atoms with E-state index < -0.39 is 0 Å². The van der Waals surface area contributed by atoms with E-state index in [4.69, 9.17) is 14.5 Å². The van der Waals surface area contributed by atoms with Crippen molar-refractivity contribution in [2.24, 2.45) is 0 Å². The van der Waals surface area contributed by atoms with Crippen molar-refractivity contribution in [2.45, 2.75) is 39.2 Å². The van der Waals surface area contributed by atoms with Crippen molar-refractivity contribution >= 4 is 17.2 Å².